The molecule has 0 bridgehead atoms. The van der Waals surface area contributed by atoms with Crippen LogP contribution in [0.3, 0.4) is 0 Å². The van der Waals surface area contributed by atoms with Crippen molar-refractivity contribution < 1.29 is 4.74 Å². The molecule has 6 heteroatoms. The van der Waals surface area contributed by atoms with Crippen molar-refractivity contribution in [3.63, 3.8) is 0 Å². The van der Waals surface area contributed by atoms with Crippen LogP contribution in [0.2, 0.25) is 0 Å². The molecule has 0 radical (unpaired) electrons. The van der Waals surface area contributed by atoms with Crippen molar-refractivity contribution in [1.82, 2.24) is 15.0 Å². The van der Waals surface area contributed by atoms with Crippen molar-refractivity contribution in [3.05, 3.63) is 0 Å². The van der Waals surface area contributed by atoms with Gasteiger partial charge in [-0.05, 0) is 26.7 Å². The molecular weight excluding hydrogens is 254 g/mol. The molecule has 0 fully saturated rings. The van der Waals surface area contributed by atoms with Gasteiger partial charge < -0.3 is 15.0 Å². The predicted octanol–water partition coefficient (Wildman–Crippen LogP) is 2.57. The fourth-order valence-electron chi connectivity index (χ4n) is 1.78. The lowest BCUT2D eigenvalue weighted by atomic mass is 10.1. The largest absolute Gasteiger partial charge is 0.464 e. The number of nitrogens with one attached hydrogen (secondary N) is 1. The Morgan fingerprint density at radius 1 is 1.15 bits per heavy atom. The van der Waals surface area contributed by atoms with E-state index in [0.29, 0.717) is 30.4 Å². The maximum atomic E-state index is 5.43. The van der Waals surface area contributed by atoms with Gasteiger partial charge in [0.2, 0.25) is 11.9 Å². The van der Waals surface area contributed by atoms with Crippen molar-refractivity contribution in [2.45, 2.75) is 41.0 Å². The molecule has 0 aromatic carbocycles. The topological polar surface area (TPSA) is 63.2 Å². The van der Waals surface area contributed by atoms with E-state index in [1.54, 1.807) is 0 Å². The normalized spacial score (nSPS) is 12.1. The van der Waals surface area contributed by atoms with Gasteiger partial charge in [0.05, 0.1) is 6.61 Å². The van der Waals surface area contributed by atoms with Crippen LogP contribution < -0.4 is 15.0 Å². The standard InChI is InChI=1S/C14H27N5O/c1-6-11(5)10-19(8-3)13-16-12(15-7-2)17-14(18-13)20-9-4/h11H,6-10H2,1-5H3,(H,15,16,17,18). The van der Waals surface area contributed by atoms with Gasteiger partial charge in [-0.25, -0.2) is 0 Å². The smallest absolute Gasteiger partial charge is 0.323 e. The monoisotopic (exact) mass is 281 g/mol. The van der Waals surface area contributed by atoms with E-state index in [1.807, 2.05) is 13.8 Å². The number of hydrogen-bond donors (Lipinski definition) is 1. The van der Waals surface area contributed by atoms with Crippen LogP contribution in [0.25, 0.3) is 0 Å². The van der Waals surface area contributed by atoms with E-state index in [-0.39, 0.29) is 0 Å². The number of nitrogens with zero attached hydrogens (tertiary/aromatic N) is 4. The number of anilines is 2. The summed E-state index contributed by atoms with van der Waals surface area (Å²) in [6.07, 6.45) is 1.14. The molecule has 114 valence electrons. The molecule has 1 atom stereocenters. The van der Waals surface area contributed by atoms with Gasteiger partial charge in [0.25, 0.3) is 0 Å². The summed E-state index contributed by atoms with van der Waals surface area (Å²) >= 11 is 0. The third kappa shape index (κ3) is 4.83. The van der Waals surface area contributed by atoms with Crippen molar-refractivity contribution in [2.75, 3.05) is 36.5 Å². The van der Waals surface area contributed by atoms with Crippen LogP contribution in [0.1, 0.15) is 41.0 Å². The molecule has 1 heterocycles. The average molecular weight is 281 g/mol. The Labute approximate surface area is 122 Å². The summed E-state index contributed by atoms with van der Waals surface area (Å²) in [7, 11) is 0. The highest BCUT2D eigenvalue weighted by Crippen LogP contribution is 2.17. The maximum absolute atomic E-state index is 5.43. The second kappa shape index (κ2) is 8.55. The SMILES string of the molecule is CCNc1nc(OCC)nc(N(CC)CC(C)CC)n1. The summed E-state index contributed by atoms with van der Waals surface area (Å²) in [4.78, 5) is 15.3. The fraction of sp³-hybridized carbons (Fsp3) is 0.786. The first-order valence-corrected chi connectivity index (χ1v) is 7.52. The van der Waals surface area contributed by atoms with Crippen molar-refractivity contribution in [3.8, 4) is 6.01 Å². The first kappa shape index (κ1) is 16.5. The molecule has 1 rings (SSSR count). The molecule has 0 aliphatic heterocycles. The first-order valence-electron chi connectivity index (χ1n) is 7.52. The van der Waals surface area contributed by atoms with E-state index in [2.05, 4.69) is 45.9 Å². The van der Waals surface area contributed by atoms with Gasteiger partial charge in [-0.3, -0.25) is 0 Å². The lowest BCUT2D eigenvalue weighted by Gasteiger charge is -2.24. The van der Waals surface area contributed by atoms with E-state index >= 15 is 0 Å². The Hall–Kier alpha value is -1.59. The highest BCUT2D eigenvalue weighted by molar-refractivity contribution is 5.38. The summed E-state index contributed by atoms with van der Waals surface area (Å²) < 4.78 is 5.43. The third-order valence-corrected chi connectivity index (χ3v) is 3.10. The minimum Gasteiger partial charge on any atom is -0.464 e. The molecule has 0 saturated carbocycles. The molecule has 1 N–H and O–H groups in total. The van der Waals surface area contributed by atoms with Crippen LogP contribution in [-0.4, -0.2) is 41.2 Å². The molecule has 1 aromatic heterocycles. The number of aromatic nitrogens is 3. The quantitative estimate of drug-likeness (QED) is 0.750. The fourth-order valence-corrected chi connectivity index (χ4v) is 1.78. The molecule has 0 spiro atoms. The Morgan fingerprint density at radius 3 is 2.45 bits per heavy atom. The second-order valence-electron chi connectivity index (χ2n) is 4.76. The van der Waals surface area contributed by atoms with Gasteiger partial charge in [-0.15, -0.1) is 0 Å². The van der Waals surface area contributed by atoms with Gasteiger partial charge in [-0.1, -0.05) is 20.3 Å². The second-order valence-corrected chi connectivity index (χ2v) is 4.76. The van der Waals surface area contributed by atoms with Crippen LogP contribution >= 0.6 is 0 Å². The maximum Gasteiger partial charge on any atom is 0.323 e. The zero-order valence-corrected chi connectivity index (χ0v) is 13.3. The molecule has 1 unspecified atom stereocenters. The van der Waals surface area contributed by atoms with Crippen LogP contribution in [-0.2, 0) is 0 Å². The number of hydrogen-bond acceptors (Lipinski definition) is 6. The summed E-state index contributed by atoms with van der Waals surface area (Å²) in [5.41, 5.74) is 0. The third-order valence-electron chi connectivity index (χ3n) is 3.10. The van der Waals surface area contributed by atoms with E-state index in [1.165, 1.54) is 0 Å². The Kier molecular flexibility index (Phi) is 7.04. The molecule has 0 saturated heterocycles. The van der Waals surface area contributed by atoms with Crippen molar-refractivity contribution >= 4 is 11.9 Å². The zero-order valence-electron chi connectivity index (χ0n) is 13.3. The summed E-state index contributed by atoms with van der Waals surface area (Å²) in [6.45, 7) is 13.6. The van der Waals surface area contributed by atoms with Crippen LogP contribution in [0.4, 0.5) is 11.9 Å². The van der Waals surface area contributed by atoms with Gasteiger partial charge in [0.15, 0.2) is 0 Å². The molecule has 0 amide bonds. The zero-order chi connectivity index (χ0) is 15.0. The highest BCUT2D eigenvalue weighted by Gasteiger charge is 2.14. The highest BCUT2D eigenvalue weighted by atomic mass is 16.5. The van der Waals surface area contributed by atoms with E-state index in [4.69, 9.17) is 4.74 Å². The first-order chi connectivity index (χ1) is 9.64. The average Bonchev–Trinajstić information content (AvgIpc) is 2.44. The van der Waals surface area contributed by atoms with E-state index in [9.17, 15) is 0 Å². The molecule has 0 aliphatic carbocycles. The van der Waals surface area contributed by atoms with E-state index in [0.717, 1.165) is 26.1 Å². The Balaban J connectivity index is 2.99. The van der Waals surface area contributed by atoms with Crippen LogP contribution in [0.5, 0.6) is 6.01 Å². The lowest BCUT2D eigenvalue weighted by molar-refractivity contribution is 0.312. The summed E-state index contributed by atoms with van der Waals surface area (Å²) in [5.74, 6) is 1.86. The Bertz CT molecular complexity index is 375. The van der Waals surface area contributed by atoms with Gasteiger partial charge in [-0.2, -0.15) is 15.0 Å². The van der Waals surface area contributed by atoms with Gasteiger partial charge in [0.1, 0.15) is 0 Å². The predicted molar refractivity (Wildman–Crippen MR) is 82.5 cm³/mol. The molecule has 0 aliphatic rings. The Morgan fingerprint density at radius 2 is 1.90 bits per heavy atom. The lowest BCUT2D eigenvalue weighted by Crippen LogP contribution is -2.30. The van der Waals surface area contributed by atoms with Crippen LogP contribution in [0.15, 0.2) is 0 Å². The summed E-state index contributed by atoms with van der Waals surface area (Å²) in [6, 6.07) is 0.385. The minimum absolute atomic E-state index is 0.385. The molecular formula is C14H27N5O. The molecule has 20 heavy (non-hydrogen) atoms. The van der Waals surface area contributed by atoms with Gasteiger partial charge in [0, 0.05) is 19.6 Å². The van der Waals surface area contributed by atoms with Crippen molar-refractivity contribution in [2.24, 2.45) is 5.92 Å². The van der Waals surface area contributed by atoms with Crippen molar-refractivity contribution in [1.29, 1.82) is 0 Å². The summed E-state index contributed by atoms with van der Waals surface area (Å²) in [5, 5.41) is 3.12. The van der Waals surface area contributed by atoms with Gasteiger partial charge >= 0.3 is 6.01 Å². The van der Waals surface area contributed by atoms with Crippen LogP contribution in [0, 0.1) is 5.92 Å². The number of ether oxygens (including phenoxy) is 1. The number of rotatable bonds is 9. The molecule has 6 nitrogen and oxygen atoms in total. The van der Waals surface area contributed by atoms with E-state index < -0.39 is 0 Å². The minimum atomic E-state index is 0.385. The molecule has 1 aromatic rings.